The summed E-state index contributed by atoms with van der Waals surface area (Å²) in [6.07, 6.45) is 3.85. The minimum Gasteiger partial charge on any atom is -0.489 e. The van der Waals surface area contributed by atoms with Crippen LogP contribution >= 0.6 is 15.9 Å². The van der Waals surface area contributed by atoms with Crippen LogP contribution in [-0.4, -0.2) is 75.9 Å². The van der Waals surface area contributed by atoms with Gasteiger partial charge in [-0.1, -0.05) is 6.07 Å². The first kappa shape index (κ1) is 25.2. The first-order valence-electron chi connectivity index (χ1n) is 12.7. The second-order valence-electron chi connectivity index (χ2n) is 10.0. The molecular weight excluding hydrogens is 531 g/mol. The zero-order chi connectivity index (χ0) is 25.4. The Kier molecular flexibility index (Phi) is 7.35. The Hall–Kier alpha value is -2.46. The number of rotatable bonds is 5. The van der Waals surface area contributed by atoms with Crippen molar-refractivity contribution in [3.8, 4) is 5.75 Å². The highest BCUT2D eigenvalue weighted by atomic mass is 79.9. The summed E-state index contributed by atoms with van der Waals surface area (Å²) in [5.41, 5.74) is 2.49. The highest BCUT2D eigenvalue weighted by Crippen LogP contribution is 2.30. The van der Waals surface area contributed by atoms with Gasteiger partial charge in [0.05, 0.1) is 16.7 Å². The van der Waals surface area contributed by atoms with Gasteiger partial charge in [0.15, 0.2) is 5.69 Å². The number of likely N-dealkylation sites (tertiary alicyclic amines) is 1. The van der Waals surface area contributed by atoms with E-state index in [4.69, 9.17) is 9.47 Å². The largest absolute Gasteiger partial charge is 0.489 e. The number of piperidine rings is 1. The van der Waals surface area contributed by atoms with Gasteiger partial charge >= 0.3 is 0 Å². The first-order valence-corrected chi connectivity index (χ1v) is 13.5. The number of nitrogens with zero attached hydrogens (tertiary/aromatic N) is 4. The molecule has 0 radical (unpaired) electrons. The average molecular weight is 563 g/mol. The lowest BCUT2D eigenvalue weighted by molar-refractivity contribution is -0.133. The molecule has 0 unspecified atom stereocenters. The maximum absolute atomic E-state index is 13.8. The average Bonchev–Trinajstić information content (AvgIpc) is 3.45. The van der Waals surface area contributed by atoms with Crippen molar-refractivity contribution >= 4 is 27.7 Å². The lowest BCUT2D eigenvalue weighted by Gasteiger charge is -2.35. The van der Waals surface area contributed by atoms with E-state index in [1.807, 2.05) is 23.6 Å². The van der Waals surface area contributed by atoms with Crippen molar-refractivity contribution in [2.24, 2.45) is 0 Å². The zero-order valence-electron chi connectivity index (χ0n) is 20.7. The number of carbonyl (C=O) groups is 2. The molecule has 1 aromatic carbocycles. The van der Waals surface area contributed by atoms with Gasteiger partial charge in [-0.2, -0.15) is 5.10 Å². The Morgan fingerprint density at radius 2 is 1.86 bits per heavy atom. The Bertz CT molecular complexity index is 1140. The van der Waals surface area contributed by atoms with E-state index < -0.39 is 0 Å². The summed E-state index contributed by atoms with van der Waals surface area (Å²) in [5.74, 6) is 0.0449. The molecule has 2 saturated heterocycles. The third-order valence-electron chi connectivity index (χ3n) is 7.21. The smallest absolute Gasteiger partial charge is 0.274 e. The van der Waals surface area contributed by atoms with E-state index in [0.717, 1.165) is 30.5 Å². The van der Waals surface area contributed by atoms with Crippen LogP contribution in [0.4, 0.5) is 4.39 Å². The molecule has 8 nitrogen and oxygen atoms in total. The Labute approximate surface area is 218 Å². The molecule has 3 heterocycles. The van der Waals surface area contributed by atoms with Crippen LogP contribution < -0.4 is 4.74 Å². The molecule has 2 fully saturated rings. The van der Waals surface area contributed by atoms with Crippen LogP contribution in [0.5, 0.6) is 5.75 Å². The monoisotopic (exact) mass is 562 g/mol. The fourth-order valence-electron chi connectivity index (χ4n) is 5.51. The fourth-order valence-corrected chi connectivity index (χ4v) is 5.87. The molecule has 0 saturated carbocycles. The number of aromatic nitrogens is 2. The van der Waals surface area contributed by atoms with Gasteiger partial charge in [-0.15, -0.1) is 0 Å². The van der Waals surface area contributed by atoms with Gasteiger partial charge in [0.2, 0.25) is 5.91 Å². The minimum atomic E-state index is -0.359. The molecule has 2 aromatic rings. The van der Waals surface area contributed by atoms with Crippen molar-refractivity contribution in [2.45, 2.75) is 70.8 Å². The third-order valence-corrected chi connectivity index (χ3v) is 7.98. The molecule has 3 aliphatic rings. The molecule has 36 heavy (non-hydrogen) atoms. The van der Waals surface area contributed by atoms with E-state index in [0.29, 0.717) is 54.9 Å². The Morgan fingerprint density at radius 3 is 2.58 bits per heavy atom. The van der Waals surface area contributed by atoms with E-state index >= 15 is 0 Å². The molecule has 2 amide bonds. The summed E-state index contributed by atoms with van der Waals surface area (Å²) < 4.78 is 27.6. The van der Waals surface area contributed by atoms with Crippen LogP contribution in [-0.2, 0) is 28.9 Å². The van der Waals surface area contributed by atoms with Crippen molar-refractivity contribution in [1.82, 2.24) is 19.6 Å². The fraction of sp³-hybridized carbons (Fsp3) is 0.577. The van der Waals surface area contributed by atoms with Gasteiger partial charge in [0.1, 0.15) is 24.2 Å². The number of carbonyl (C=O) groups excluding carboxylic acids is 2. The van der Waals surface area contributed by atoms with Crippen LogP contribution in [0.25, 0.3) is 0 Å². The summed E-state index contributed by atoms with van der Waals surface area (Å²) in [6.45, 7) is 6.31. The summed E-state index contributed by atoms with van der Waals surface area (Å²) in [7, 11) is 0. The normalized spacial score (nSPS) is 22.6. The van der Waals surface area contributed by atoms with Crippen molar-refractivity contribution in [1.29, 1.82) is 0 Å². The standard InChI is InChI=1S/C26H32BrFN4O4/c1-16-13-31(14-17(2)35-16)26(34)25-19-5-3-7-21(19)32(29-25)15-23(33)30-11-9-18(10-12-30)36-22-8-4-6-20(28)24(22)27/h4,6,8,16-18H,3,5,7,9-15H2,1-2H3/t16-,17+. The van der Waals surface area contributed by atoms with Gasteiger partial charge < -0.3 is 19.3 Å². The van der Waals surface area contributed by atoms with Crippen molar-refractivity contribution in [3.63, 3.8) is 0 Å². The molecule has 10 heteroatoms. The summed E-state index contributed by atoms with van der Waals surface area (Å²) in [5, 5.41) is 4.65. The van der Waals surface area contributed by atoms with Crippen LogP contribution in [0.15, 0.2) is 22.7 Å². The van der Waals surface area contributed by atoms with E-state index in [-0.39, 0.29) is 42.5 Å². The second kappa shape index (κ2) is 10.5. The van der Waals surface area contributed by atoms with Gasteiger partial charge in [-0.25, -0.2) is 4.39 Å². The van der Waals surface area contributed by atoms with Gasteiger partial charge in [-0.05, 0) is 61.2 Å². The molecule has 0 spiro atoms. The SMILES string of the molecule is C[C@@H]1CN(C(=O)c2nn(CC(=O)N3CCC(Oc4cccc(F)c4Br)CC3)c3c2CCC3)C[C@H](C)O1. The zero-order valence-corrected chi connectivity index (χ0v) is 22.3. The molecule has 1 aromatic heterocycles. The van der Waals surface area contributed by atoms with Gasteiger partial charge in [0.25, 0.3) is 5.91 Å². The van der Waals surface area contributed by atoms with E-state index in [1.165, 1.54) is 6.07 Å². The number of hydrogen-bond acceptors (Lipinski definition) is 5. The maximum Gasteiger partial charge on any atom is 0.274 e. The summed E-state index contributed by atoms with van der Waals surface area (Å²) >= 11 is 3.24. The van der Waals surface area contributed by atoms with Crippen LogP contribution in [0.3, 0.4) is 0 Å². The lowest BCUT2D eigenvalue weighted by atomic mass is 10.1. The number of morpholine rings is 1. The maximum atomic E-state index is 13.8. The van der Waals surface area contributed by atoms with E-state index in [2.05, 4.69) is 21.0 Å². The number of ether oxygens (including phenoxy) is 2. The van der Waals surface area contributed by atoms with Crippen LogP contribution in [0.1, 0.15) is 54.9 Å². The number of benzene rings is 1. The lowest BCUT2D eigenvalue weighted by Crippen LogP contribution is -2.48. The van der Waals surface area contributed by atoms with E-state index in [9.17, 15) is 14.0 Å². The molecule has 2 aliphatic heterocycles. The number of fused-ring (bicyclic) bond motifs is 1. The summed E-state index contributed by atoms with van der Waals surface area (Å²) in [4.78, 5) is 30.2. The van der Waals surface area contributed by atoms with Crippen molar-refractivity contribution in [2.75, 3.05) is 26.2 Å². The highest BCUT2D eigenvalue weighted by Gasteiger charge is 2.33. The number of halogens is 2. The van der Waals surface area contributed by atoms with Gasteiger partial charge in [-0.3, -0.25) is 14.3 Å². The predicted molar refractivity (Wildman–Crippen MR) is 134 cm³/mol. The molecule has 2 atom stereocenters. The summed E-state index contributed by atoms with van der Waals surface area (Å²) in [6, 6.07) is 4.74. The predicted octanol–water partition coefficient (Wildman–Crippen LogP) is 3.59. The van der Waals surface area contributed by atoms with Crippen LogP contribution in [0.2, 0.25) is 0 Å². The van der Waals surface area contributed by atoms with Crippen molar-refractivity contribution < 1.29 is 23.5 Å². The number of amides is 2. The second-order valence-corrected chi connectivity index (χ2v) is 10.8. The topological polar surface area (TPSA) is 76.9 Å². The van der Waals surface area contributed by atoms with Crippen molar-refractivity contribution in [3.05, 3.63) is 45.4 Å². The molecule has 0 N–H and O–H groups in total. The third kappa shape index (κ3) is 5.16. The molecule has 0 bridgehead atoms. The Balaban J connectivity index is 1.22. The molecular formula is C26H32BrFN4O4. The minimum absolute atomic E-state index is 0.00907. The molecule has 1 aliphatic carbocycles. The van der Waals surface area contributed by atoms with Gasteiger partial charge in [0, 0.05) is 50.3 Å². The highest BCUT2D eigenvalue weighted by molar-refractivity contribution is 9.10. The quantitative estimate of drug-likeness (QED) is 0.556. The number of hydrogen-bond donors (Lipinski definition) is 0. The molecule has 5 rings (SSSR count). The Morgan fingerprint density at radius 1 is 1.14 bits per heavy atom. The first-order chi connectivity index (χ1) is 17.3. The van der Waals surface area contributed by atoms with Crippen LogP contribution in [0, 0.1) is 5.82 Å². The van der Waals surface area contributed by atoms with E-state index in [1.54, 1.807) is 16.8 Å². The molecule has 194 valence electrons.